The van der Waals surface area contributed by atoms with Gasteiger partial charge in [-0.2, -0.15) is 0 Å². The molecular weight excluding hydrogens is 276 g/mol. The highest BCUT2D eigenvalue weighted by Crippen LogP contribution is 1.96. The maximum absolute atomic E-state index is 11.3. The van der Waals surface area contributed by atoms with Gasteiger partial charge in [0.1, 0.15) is 5.65 Å². The summed E-state index contributed by atoms with van der Waals surface area (Å²) in [7, 11) is 2.15. The summed E-state index contributed by atoms with van der Waals surface area (Å²) in [5.41, 5.74) is 1.42. The number of fused-ring (bicyclic) bond motifs is 1. The van der Waals surface area contributed by atoms with Crippen molar-refractivity contribution in [3.8, 4) is 0 Å². The first-order valence-corrected chi connectivity index (χ1v) is 6.51. The fraction of sp³-hybridized carbons (Fsp3) is 0.429. The Kier molecular flexibility index (Phi) is 6.64. The van der Waals surface area contributed by atoms with Crippen LogP contribution in [0.1, 0.15) is 5.69 Å². The third-order valence-electron chi connectivity index (χ3n) is 3.04. The maximum atomic E-state index is 11.3. The van der Waals surface area contributed by atoms with Crippen molar-refractivity contribution in [3.63, 3.8) is 0 Å². The highest BCUT2D eigenvalue weighted by molar-refractivity contribution is 5.85. The molecule has 0 aromatic carbocycles. The maximum Gasteiger partial charge on any atom is 0.258 e. The van der Waals surface area contributed by atoms with Crippen molar-refractivity contribution in [3.05, 3.63) is 46.5 Å². The molecule has 5 nitrogen and oxygen atoms in total. The van der Waals surface area contributed by atoms with Crippen molar-refractivity contribution in [2.24, 2.45) is 0 Å². The van der Waals surface area contributed by atoms with E-state index < -0.39 is 0 Å². The average molecular weight is 297 g/mol. The van der Waals surface area contributed by atoms with Gasteiger partial charge in [-0.05, 0) is 26.1 Å². The van der Waals surface area contributed by atoms with Gasteiger partial charge in [-0.25, -0.2) is 4.98 Å². The molecule has 1 saturated heterocycles. The highest BCUT2D eigenvalue weighted by atomic mass is 35.5. The summed E-state index contributed by atoms with van der Waals surface area (Å²) in [6.07, 6.45) is 1.71. The monoisotopic (exact) mass is 296 g/mol. The van der Waals surface area contributed by atoms with Crippen LogP contribution in [0.15, 0.2) is 35.3 Å². The molecule has 20 heavy (non-hydrogen) atoms. The van der Waals surface area contributed by atoms with Gasteiger partial charge in [0.15, 0.2) is 0 Å². The Balaban J connectivity index is 0.000000216. The lowest BCUT2D eigenvalue weighted by Gasteiger charge is -2.21. The summed E-state index contributed by atoms with van der Waals surface area (Å²) < 4.78 is 1.52. The minimum absolute atomic E-state index is 0. The number of piperazine rings is 1. The van der Waals surface area contributed by atoms with Gasteiger partial charge in [0.25, 0.3) is 5.56 Å². The molecule has 0 amide bonds. The number of hydrogen-bond donors (Lipinski definition) is 1. The Hall–Kier alpha value is -1.43. The Morgan fingerprint density at radius 1 is 1.25 bits per heavy atom. The van der Waals surface area contributed by atoms with Crippen molar-refractivity contribution in [2.45, 2.75) is 6.92 Å². The molecule has 2 aromatic heterocycles. The van der Waals surface area contributed by atoms with E-state index in [0.29, 0.717) is 5.65 Å². The fourth-order valence-corrected chi connectivity index (χ4v) is 1.95. The van der Waals surface area contributed by atoms with Crippen LogP contribution in [0.3, 0.4) is 0 Å². The van der Waals surface area contributed by atoms with Crippen LogP contribution in [-0.4, -0.2) is 47.5 Å². The number of hydrogen-bond acceptors (Lipinski definition) is 4. The fourth-order valence-electron chi connectivity index (χ4n) is 1.95. The standard InChI is InChI=1S/C9H8N2O.C5H12N2.ClH/c1-7-6-9(12)11-5-3-2-4-8(11)10-7;1-7-4-2-6-3-5-7;/h2-6H,1H3;6H,2-5H2,1H3;1H. The molecule has 0 aliphatic carbocycles. The van der Waals surface area contributed by atoms with Crippen LogP contribution >= 0.6 is 12.4 Å². The number of pyridine rings is 1. The molecule has 6 heteroatoms. The lowest BCUT2D eigenvalue weighted by atomic mass is 10.4. The second kappa shape index (κ2) is 7.99. The summed E-state index contributed by atoms with van der Waals surface area (Å²) in [6, 6.07) is 7.01. The molecule has 1 aliphatic heterocycles. The van der Waals surface area contributed by atoms with E-state index in [1.54, 1.807) is 6.20 Å². The minimum atomic E-state index is -0.0295. The van der Waals surface area contributed by atoms with E-state index in [0.717, 1.165) is 18.8 Å². The molecule has 0 radical (unpaired) electrons. The molecule has 1 N–H and O–H groups in total. The first kappa shape index (κ1) is 16.6. The third kappa shape index (κ3) is 4.59. The molecule has 3 rings (SSSR count). The number of likely N-dealkylation sites (N-methyl/N-ethyl adjacent to an activating group) is 1. The molecule has 1 aliphatic rings. The third-order valence-corrected chi connectivity index (χ3v) is 3.04. The van der Waals surface area contributed by atoms with Gasteiger partial charge in [0, 0.05) is 44.1 Å². The smallest absolute Gasteiger partial charge is 0.258 e. The lowest BCUT2D eigenvalue weighted by molar-refractivity contribution is 0.291. The Bertz CT molecular complexity index is 593. The number of halogens is 1. The summed E-state index contributed by atoms with van der Waals surface area (Å²) in [5.74, 6) is 0. The summed E-state index contributed by atoms with van der Waals surface area (Å²) in [6.45, 7) is 6.56. The van der Waals surface area contributed by atoms with E-state index in [1.165, 1.54) is 23.6 Å². The second-order valence-corrected chi connectivity index (χ2v) is 4.72. The normalized spacial score (nSPS) is 15.1. The van der Waals surface area contributed by atoms with E-state index >= 15 is 0 Å². The van der Waals surface area contributed by atoms with Crippen molar-refractivity contribution in [2.75, 3.05) is 33.2 Å². The Morgan fingerprint density at radius 2 is 1.95 bits per heavy atom. The molecule has 0 bridgehead atoms. The van der Waals surface area contributed by atoms with E-state index in [2.05, 4.69) is 22.2 Å². The zero-order valence-electron chi connectivity index (χ0n) is 11.9. The van der Waals surface area contributed by atoms with Gasteiger partial charge in [-0.3, -0.25) is 9.20 Å². The molecular formula is C14H21ClN4O. The van der Waals surface area contributed by atoms with Crippen molar-refractivity contribution >= 4 is 18.1 Å². The van der Waals surface area contributed by atoms with Crippen LogP contribution in [0.5, 0.6) is 0 Å². The van der Waals surface area contributed by atoms with E-state index in [9.17, 15) is 4.79 Å². The van der Waals surface area contributed by atoms with Crippen LogP contribution in [-0.2, 0) is 0 Å². The minimum Gasteiger partial charge on any atom is -0.314 e. The first-order chi connectivity index (χ1) is 9.16. The van der Waals surface area contributed by atoms with Crippen LogP contribution < -0.4 is 10.9 Å². The summed E-state index contributed by atoms with van der Waals surface area (Å²) in [4.78, 5) is 17.9. The van der Waals surface area contributed by atoms with Gasteiger partial charge >= 0.3 is 0 Å². The van der Waals surface area contributed by atoms with E-state index in [1.807, 2.05) is 25.1 Å². The number of aromatic nitrogens is 2. The topological polar surface area (TPSA) is 49.6 Å². The van der Waals surface area contributed by atoms with Gasteiger partial charge in [-0.1, -0.05) is 6.07 Å². The quantitative estimate of drug-likeness (QED) is 0.786. The SMILES string of the molecule is CN1CCNCC1.Cc1cc(=O)n2ccccc2n1.Cl. The highest BCUT2D eigenvalue weighted by Gasteiger charge is 2.01. The van der Waals surface area contributed by atoms with Crippen molar-refractivity contribution < 1.29 is 0 Å². The molecule has 3 heterocycles. The van der Waals surface area contributed by atoms with E-state index in [-0.39, 0.29) is 18.0 Å². The van der Waals surface area contributed by atoms with Gasteiger partial charge < -0.3 is 10.2 Å². The van der Waals surface area contributed by atoms with Gasteiger partial charge in [-0.15, -0.1) is 12.4 Å². The molecule has 110 valence electrons. The summed E-state index contributed by atoms with van der Waals surface area (Å²) >= 11 is 0. The zero-order valence-corrected chi connectivity index (χ0v) is 12.7. The average Bonchev–Trinajstić information content (AvgIpc) is 2.40. The zero-order chi connectivity index (χ0) is 13.7. The van der Waals surface area contributed by atoms with Crippen LogP contribution in [0.2, 0.25) is 0 Å². The number of aryl methyl sites for hydroxylation is 1. The lowest BCUT2D eigenvalue weighted by Crippen LogP contribution is -2.40. The number of nitrogens with zero attached hydrogens (tertiary/aromatic N) is 3. The Morgan fingerprint density at radius 3 is 2.55 bits per heavy atom. The number of rotatable bonds is 0. The summed E-state index contributed by atoms with van der Waals surface area (Å²) in [5, 5.41) is 3.27. The molecule has 0 atom stereocenters. The first-order valence-electron chi connectivity index (χ1n) is 6.51. The molecule has 2 aromatic rings. The Labute approximate surface area is 125 Å². The van der Waals surface area contributed by atoms with Crippen molar-refractivity contribution in [1.29, 1.82) is 0 Å². The molecule has 0 spiro atoms. The van der Waals surface area contributed by atoms with Crippen molar-refractivity contribution in [1.82, 2.24) is 19.6 Å². The van der Waals surface area contributed by atoms with Gasteiger partial charge in [0.05, 0.1) is 0 Å². The molecule has 0 saturated carbocycles. The van der Waals surface area contributed by atoms with Crippen LogP contribution in [0.25, 0.3) is 5.65 Å². The van der Waals surface area contributed by atoms with Crippen LogP contribution in [0, 0.1) is 6.92 Å². The second-order valence-electron chi connectivity index (χ2n) is 4.72. The largest absolute Gasteiger partial charge is 0.314 e. The predicted molar refractivity (Wildman–Crippen MR) is 83.8 cm³/mol. The molecule has 0 unspecified atom stereocenters. The predicted octanol–water partition coefficient (Wildman–Crippen LogP) is 0.946. The number of nitrogens with one attached hydrogen (secondary N) is 1. The van der Waals surface area contributed by atoms with E-state index in [4.69, 9.17) is 0 Å². The van der Waals surface area contributed by atoms with Crippen LogP contribution in [0.4, 0.5) is 0 Å². The van der Waals surface area contributed by atoms with Gasteiger partial charge in [0.2, 0.25) is 0 Å². The molecule has 1 fully saturated rings.